The van der Waals surface area contributed by atoms with Crippen LogP contribution in [0.5, 0.6) is 0 Å². The van der Waals surface area contributed by atoms with E-state index in [1.807, 2.05) is 4.90 Å². The van der Waals surface area contributed by atoms with Crippen molar-refractivity contribution in [2.75, 3.05) is 19.6 Å². The van der Waals surface area contributed by atoms with Crippen LogP contribution in [0.15, 0.2) is 0 Å². The van der Waals surface area contributed by atoms with Gasteiger partial charge in [0.25, 0.3) is 0 Å². The summed E-state index contributed by atoms with van der Waals surface area (Å²) in [4.78, 5) is 25.2. The summed E-state index contributed by atoms with van der Waals surface area (Å²) in [6, 6.07) is 0.333. The second kappa shape index (κ2) is 7.07. The van der Waals surface area contributed by atoms with Gasteiger partial charge in [0.2, 0.25) is 11.8 Å². The van der Waals surface area contributed by atoms with Crippen molar-refractivity contribution in [1.82, 2.24) is 10.2 Å². The summed E-state index contributed by atoms with van der Waals surface area (Å²) < 4.78 is 0. The maximum absolute atomic E-state index is 12.3. The lowest BCUT2D eigenvalue weighted by atomic mass is 9.89. The standard InChI is InChI=1S/C15H27N3O2/c1-11-3-2-6-17-13(11)10-15(20)18-7-4-12(5-8-18)9-14(16)19/h11-13,17H,2-10H2,1H3,(H2,16,19). The molecule has 0 spiro atoms. The first kappa shape index (κ1) is 15.3. The molecule has 0 bridgehead atoms. The second-order valence-corrected chi connectivity index (χ2v) is 6.38. The lowest BCUT2D eigenvalue weighted by Gasteiger charge is -2.35. The number of nitrogens with two attached hydrogens (primary N) is 1. The summed E-state index contributed by atoms with van der Waals surface area (Å²) in [6.45, 7) is 4.81. The number of carbonyl (C=O) groups excluding carboxylic acids is 2. The minimum Gasteiger partial charge on any atom is -0.370 e. The lowest BCUT2D eigenvalue weighted by molar-refractivity contribution is -0.133. The van der Waals surface area contributed by atoms with Crippen molar-refractivity contribution < 1.29 is 9.59 Å². The van der Waals surface area contributed by atoms with Gasteiger partial charge in [-0.1, -0.05) is 6.92 Å². The molecule has 2 amide bonds. The Balaban J connectivity index is 1.75. The summed E-state index contributed by atoms with van der Waals surface area (Å²) in [5.74, 6) is 0.979. The number of nitrogens with zero attached hydrogens (tertiary/aromatic N) is 1. The number of amides is 2. The fraction of sp³-hybridized carbons (Fsp3) is 0.867. The third-order valence-corrected chi connectivity index (χ3v) is 4.78. The number of primary amides is 1. The molecule has 5 nitrogen and oxygen atoms in total. The molecule has 2 atom stereocenters. The van der Waals surface area contributed by atoms with Gasteiger partial charge in [-0.05, 0) is 44.1 Å². The number of hydrogen-bond acceptors (Lipinski definition) is 3. The maximum Gasteiger partial charge on any atom is 0.224 e. The minimum atomic E-state index is -0.227. The Labute approximate surface area is 121 Å². The van der Waals surface area contributed by atoms with E-state index in [1.54, 1.807) is 0 Å². The van der Waals surface area contributed by atoms with E-state index in [2.05, 4.69) is 12.2 Å². The number of nitrogens with one attached hydrogen (secondary N) is 1. The molecule has 20 heavy (non-hydrogen) atoms. The van der Waals surface area contributed by atoms with Crippen LogP contribution < -0.4 is 11.1 Å². The molecule has 5 heteroatoms. The zero-order valence-electron chi connectivity index (χ0n) is 12.4. The number of rotatable bonds is 4. The highest BCUT2D eigenvalue weighted by atomic mass is 16.2. The van der Waals surface area contributed by atoms with Crippen molar-refractivity contribution in [3.63, 3.8) is 0 Å². The molecule has 2 unspecified atom stereocenters. The first-order valence-corrected chi connectivity index (χ1v) is 7.85. The van der Waals surface area contributed by atoms with Crippen LogP contribution in [-0.2, 0) is 9.59 Å². The molecule has 0 radical (unpaired) electrons. The van der Waals surface area contributed by atoms with Gasteiger partial charge in [-0.2, -0.15) is 0 Å². The highest BCUT2D eigenvalue weighted by Gasteiger charge is 2.28. The van der Waals surface area contributed by atoms with Crippen LogP contribution in [0.2, 0.25) is 0 Å². The van der Waals surface area contributed by atoms with Gasteiger partial charge >= 0.3 is 0 Å². The Morgan fingerprint density at radius 1 is 1.20 bits per heavy atom. The molecule has 2 rings (SSSR count). The van der Waals surface area contributed by atoms with Crippen LogP contribution >= 0.6 is 0 Å². The van der Waals surface area contributed by atoms with Crippen LogP contribution in [0.1, 0.15) is 45.4 Å². The van der Waals surface area contributed by atoms with Crippen LogP contribution in [0.4, 0.5) is 0 Å². The van der Waals surface area contributed by atoms with Crippen LogP contribution in [0.3, 0.4) is 0 Å². The van der Waals surface area contributed by atoms with E-state index in [0.29, 0.717) is 30.7 Å². The number of carbonyl (C=O) groups is 2. The van der Waals surface area contributed by atoms with Crippen molar-refractivity contribution in [1.29, 1.82) is 0 Å². The van der Waals surface area contributed by atoms with Crippen molar-refractivity contribution in [3.8, 4) is 0 Å². The molecule has 0 aromatic carbocycles. The predicted octanol–water partition coefficient (Wildman–Crippen LogP) is 0.879. The molecule has 0 aliphatic carbocycles. The van der Waals surface area contributed by atoms with Crippen molar-refractivity contribution in [2.24, 2.45) is 17.6 Å². The predicted molar refractivity (Wildman–Crippen MR) is 77.9 cm³/mol. The Morgan fingerprint density at radius 2 is 1.90 bits per heavy atom. The molecule has 0 aromatic rings. The summed E-state index contributed by atoms with van der Waals surface area (Å²) in [5.41, 5.74) is 5.23. The van der Waals surface area contributed by atoms with Crippen LogP contribution in [-0.4, -0.2) is 42.4 Å². The SMILES string of the molecule is CC1CCCNC1CC(=O)N1CCC(CC(N)=O)CC1. The Morgan fingerprint density at radius 3 is 2.50 bits per heavy atom. The molecule has 2 heterocycles. The van der Waals surface area contributed by atoms with E-state index >= 15 is 0 Å². The molecule has 114 valence electrons. The van der Waals surface area contributed by atoms with Crippen molar-refractivity contribution >= 4 is 11.8 Å². The van der Waals surface area contributed by atoms with E-state index in [0.717, 1.165) is 32.5 Å². The summed E-state index contributed by atoms with van der Waals surface area (Å²) in [6.07, 6.45) is 5.31. The average molecular weight is 281 g/mol. The first-order chi connectivity index (χ1) is 9.56. The molecule has 2 aliphatic rings. The second-order valence-electron chi connectivity index (χ2n) is 6.38. The number of piperidine rings is 2. The quantitative estimate of drug-likeness (QED) is 0.803. The van der Waals surface area contributed by atoms with E-state index in [9.17, 15) is 9.59 Å². The van der Waals surface area contributed by atoms with Gasteiger partial charge in [-0.3, -0.25) is 9.59 Å². The van der Waals surface area contributed by atoms with Gasteiger partial charge in [-0.25, -0.2) is 0 Å². The normalized spacial score (nSPS) is 28.4. The Bertz CT molecular complexity index is 351. The number of likely N-dealkylation sites (tertiary alicyclic amines) is 1. The summed E-state index contributed by atoms with van der Waals surface area (Å²) in [5, 5.41) is 3.47. The topological polar surface area (TPSA) is 75.4 Å². The first-order valence-electron chi connectivity index (χ1n) is 7.85. The van der Waals surface area contributed by atoms with Crippen LogP contribution in [0.25, 0.3) is 0 Å². The van der Waals surface area contributed by atoms with E-state index in [1.165, 1.54) is 12.8 Å². The third kappa shape index (κ3) is 4.20. The fourth-order valence-corrected chi connectivity index (χ4v) is 3.38. The van der Waals surface area contributed by atoms with Gasteiger partial charge < -0.3 is 16.0 Å². The van der Waals surface area contributed by atoms with E-state index < -0.39 is 0 Å². The molecule has 2 aliphatic heterocycles. The highest BCUT2D eigenvalue weighted by Crippen LogP contribution is 2.23. The van der Waals surface area contributed by atoms with Gasteiger partial charge in [0.15, 0.2) is 0 Å². The van der Waals surface area contributed by atoms with E-state index in [4.69, 9.17) is 5.73 Å². The summed E-state index contributed by atoms with van der Waals surface area (Å²) in [7, 11) is 0. The molecule has 0 saturated carbocycles. The van der Waals surface area contributed by atoms with Crippen molar-refractivity contribution in [2.45, 2.75) is 51.5 Å². The largest absolute Gasteiger partial charge is 0.370 e. The minimum absolute atomic E-state index is 0.227. The van der Waals surface area contributed by atoms with Crippen molar-refractivity contribution in [3.05, 3.63) is 0 Å². The molecule has 0 aromatic heterocycles. The zero-order chi connectivity index (χ0) is 14.5. The molecular weight excluding hydrogens is 254 g/mol. The average Bonchev–Trinajstić information content (AvgIpc) is 2.41. The Hall–Kier alpha value is -1.10. The van der Waals surface area contributed by atoms with Gasteiger partial charge in [-0.15, -0.1) is 0 Å². The van der Waals surface area contributed by atoms with Gasteiger partial charge in [0, 0.05) is 32.0 Å². The maximum atomic E-state index is 12.3. The lowest BCUT2D eigenvalue weighted by Crippen LogP contribution is -2.46. The van der Waals surface area contributed by atoms with Crippen LogP contribution in [0, 0.1) is 11.8 Å². The molecule has 2 fully saturated rings. The highest BCUT2D eigenvalue weighted by molar-refractivity contribution is 5.77. The van der Waals surface area contributed by atoms with E-state index in [-0.39, 0.29) is 11.8 Å². The van der Waals surface area contributed by atoms with Gasteiger partial charge in [0.05, 0.1) is 0 Å². The monoisotopic (exact) mass is 281 g/mol. The van der Waals surface area contributed by atoms with Gasteiger partial charge in [0.1, 0.15) is 0 Å². The Kier molecular flexibility index (Phi) is 5.40. The third-order valence-electron chi connectivity index (χ3n) is 4.78. The zero-order valence-corrected chi connectivity index (χ0v) is 12.4. The fourth-order valence-electron chi connectivity index (χ4n) is 3.38. The number of hydrogen-bond donors (Lipinski definition) is 2. The molecule has 3 N–H and O–H groups in total. The molecular formula is C15H27N3O2. The smallest absolute Gasteiger partial charge is 0.224 e. The molecule has 2 saturated heterocycles. The summed E-state index contributed by atoms with van der Waals surface area (Å²) >= 11 is 0.